The lowest BCUT2D eigenvalue weighted by molar-refractivity contribution is -0.870. The summed E-state index contributed by atoms with van der Waals surface area (Å²) >= 11 is 0. The number of esters is 2. The number of phosphoric acid groups is 1. The van der Waals surface area contributed by atoms with Gasteiger partial charge in [0.15, 0.2) is 6.10 Å². The average molecular weight is 831 g/mol. The highest BCUT2D eigenvalue weighted by molar-refractivity contribution is 7.47. The number of carbonyl (C=O) groups is 2. The first-order chi connectivity index (χ1) is 28.0. The molecule has 10 heteroatoms. The molecule has 0 spiro atoms. The lowest BCUT2D eigenvalue weighted by Gasteiger charge is -2.24. The van der Waals surface area contributed by atoms with Gasteiger partial charge in [-0.1, -0.05) is 137 Å². The van der Waals surface area contributed by atoms with Crippen LogP contribution in [0.1, 0.15) is 142 Å². The normalized spacial score (nSPS) is 14.5. The molecule has 58 heavy (non-hydrogen) atoms. The van der Waals surface area contributed by atoms with Gasteiger partial charge in [-0.15, -0.1) is 0 Å². The molecule has 0 radical (unpaired) electrons. The van der Waals surface area contributed by atoms with Crippen LogP contribution in [-0.2, 0) is 32.7 Å². The van der Waals surface area contributed by atoms with Crippen molar-refractivity contribution >= 4 is 19.8 Å². The van der Waals surface area contributed by atoms with Gasteiger partial charge in [-0.05, 0) is 89.9 Å². The molecule has 2 atom stereocenters. The van der Waals surface area contributed by atoms with Gasteiger partial charge >= 0.3 is 19.8 Å². The van der Waals surface area contributed by atoms with Gasteiger partial charge in [0.1, 0.15) is 19.8 Å². The van der Waals surface area contributed by atoms with Crippen LogP contribution >= 0.6 is 7.82 Å². The summed E-state index contributed by atoms with van der Waals surface area (Å²) in [6.45, 7) is 4.16. The smallest absolute Gasteiger partial charge is 0.462 e. The standard InChI is InChI=1S/C48H80NO8P/c1-6-8-10-12-14-16-18-20-22-24-26-28-30-32-34-36-38-40-47(50)54-44-46(45-56-58(52,53)55-43-42-49(3,4)5)57-48(51)41-39-37-35-33-31-29-27-25-23-21-19-17-15-13-11-9-7-2/h8,10,14-17,20-23,26-29,33,35,46H,6-7,9,11-13,18-19,24-25,30-32,34,36-45H2,1-5H3/p+1/b10-8-,16-14-,17-15-,22-20-,23-21-,28-26-,29-27-,35-33-/t46-/m1/s1. The van der Waals surface area contributed by atoms with Crippen LogP contribution in [0.5, 0.6) is 0 Å². The fourth-order valence-corrected chi connectivity index (χ4v) is 5.91. The van der Waals surface area contributed by atoms with Crippen molar-refractivity contribution in [1.82, 2.24) is 0 Å². The van der Waals surface area contributed by atoms with Crippen LogP contribution in [0.2, 0.25) is 0 Å². The highest BCUT2D eigenvalue weighted by Gasteiger charge is 2.27. The quantitative estimate of drug-likeness (QED) is 0.0215. The fourth-order valence-electron chi connectivity index (χ4n) is 5.17. The second-order valence-corrected chi connectivity index (χ2v) is 16.8. The Hall–Kier alpha value is -3.07. The number of hydrogen-bond acceptors (Lipinski definition) is 7. The van der Waals surface area contributed by atoms with Crippen molar-refractivity contribution in [1.29, 1.82) is 0 Å². The summed E-state index contributed by atoms with van der Waals surface area (Å²) in [6, 6.07) is 0. The molecule has 0 saturated heterocycles. The van der Waals surface area contributed by atoms with Gasteiger partial charge in [0.2, 0.25) is 0 Å². The number of phosphoric ester groups is 1. The highest BCUT2D eigenvalue weighted by atomic mass is 31.2. The van der Waals surface area contributed by atoms with E-state index >= 15 is 0 Å². The second kappa shape index (κ2) is 39.4. The third kappa shape index (κ3) is 42.5. The summed E-state index contributed by atoms with van der Waals surface area (Å²) in [5.41, 5.74) is 0. The lowest BCUT2D eigenvalue weighted by Crippen LogP contribution is -2.37. The molecule has 330 valence electrons. The van der Waals surface area contributed by atoms with E-state index in [1.807, 2.05) is 27.2 Å². The summed E-state index contributed by atoms with van der Waals surface area (Å²) in [7, 11) is 1.41. The number of ether oxygens (including phenoxy) is 2. The SMILES string of the molecule is CC/C=C\C/C=C\C/C=C\C/C=C\CCCCCCC(=O)OC[C@H](COP(=O)(O)OCC[N+](C)(C)C)OC(=O)CCC/C=C\C/C=C\C/C=C\C/C=C\CCCCC. The Labute approximate surface area is 353 Å². The molecule has 0 aliphatic heterocycles. The first-order valence-corrected chi connectivity index (χ1v) is 23.5. The van der Waals surface area contributed by atoms with Crippen molar-refractivity contribution in [2.75, 3.05) is 47.5 Å². The molecule has 0 aliphatic carbocycles. The molecule has 0 saturated carbocycles. The molecule has 1 unspecified atom stereocenters. The summed E-state index contributed by atoms with van der Waals surface area (Å²) in [5, 5.41) is 0. The minimum Gasteiger partial charge on any atom is -0.462 e. The molecule has 0 aromatic carbocycles. The molecule has 0 bridgehead atoms. The molecule has 0 amide bonds. The van der Waals surface area contributed by atoms with Gasteiger partial charge in [-0.3, -0.25) is 18.6 Å². The number of quaternary nitrogens is 1. The fraction of sp³-hybridized carbons (Fsp3) is 0.625. The van der Waals surface area contributed by atoms with Crippen LogP contribution in [0, 0.1) is 0 Å². The van der Waals surface area contributed by atoms with E-state index in [1.54, 1.807) is 0 Å². The lowest BCUT2D eigenvalue weighted by atomic mass is 10.1. The van der Waals surface area contributed by atoms with E-state index in [4.69, 9.17) is 18.5 Å². The maximum atomic E-state index is 12.7. The zero-order valence-corrected chi connectivity index (χ0v) is 37.9. The van der Waals surface area contributed by atoms with Gasteiger partial charge in [-0.2, -0.15) is 0 Å². The maximum absolute atomic E-state index is 12.7. The maximum Gasteiger partial charge on any atom is 0.472 e. The van der Waals surface area contributed by atoms with E-state index in [0.29, 0.717) is 30.3 Å². The van der Waals surface area contributed by atoms with E-state index in [9.17, 15) is 19.0 Å². The van der Waals surface area contributed by atoms with Crippen molar-refractivity contribution in [2.24, 2.45) is 0 Å². The second-order valence-electron chi connectivity index (χ2n) is 15.3. The number of unbranched alkanes of at least 4 members (excludes halogenated alkanes) is 8. The molecule has 0 aromatic heterocycles. The number of carbonyl (C=O) groups excluding carboxylic acids is 2. The molecule has 0 aromatic rings. The van der Waals surface area contributed by atoms with E-state index < -0.39 is 32.5 Å². The monoisotopic (exact) mass is 831 g/mol. The minimum absolute atomic E-state index is 0.0115. The largest absolute Gasteiger partial charge is 0.472 e. The van der Waals surface area contributed by atoms with Crippen LogP contribution in [0.25, 0.3) is 0 Å². The Balaban J connectivity index is 4.53. The third-order valence-corrected chi connectivity index (χ3v) is 9.58. The van der Waals surface area contributed by atoms with Crippen molar-refractivity contribution in [3.63, 3.8) is 0 Å². The van der Waals surface area contributed by atoms with Crippen LogP contribution < -0.4 is 0 Å². The van der Waals surface area contributed by atoms with Crippen LogP contribution in [0.4, 0.5) is 0 Å². The number of likely N-dealkylation sites (N-methyl/N-ethyl adjacent to an activating group) is 1. The predicted octanol–water partition coefficient (Wildman–Crippen LogP) is 12.6. The Morgan fingerprint density at radius 3 is 1.50 bits per heavy atom. The third-order valence-electron chi connectivity index (χ3n) is 8.60. The Morgan fingerprint density at radius 1 is 0.552 bits per heavy atom. The van der Waals surface area contributed by atoms with Gasteiger partial charge in [0.05, 0.1) is 27.7 Å². The number of allylic oxidation sites excluding steroid dienone is 16. The van der Waals surface area contributed by atoms with Crippen molar-refractivity contribution in [3.8, 4) is 0 Å². The van der Waals surface area contributed by atoms with Crippen LogP contribution in [0.15, 0.2) is 97.2 Å². The van der Waals surface area contributed by atoms with Crippen molar-refractivity contribution in [3.05, 3.63) is 97.2 Å². The van der Waals surface area contributed by atoms with Crippen LogP contribution in [0.3, 0.4) is 0 Å². The summed E-state index contributed by atoms with van der Waals surface area (Å²) in [5.74, 6) is -0.903. The van der Waals surface area contributed by atoms with Gasteiger partial charge in [0.25, 0.3) is 0 Å². The molecule has 9 nitrogen and oxygen atoms in total. The first-order valence-electron chi connectivity index (χ1n) is 22.0. The Morgan fingerprint density at radius 2 is 1.00 bits per heavy atom. The zero-order valence-electron chi connectivity index (χ0n) is 37.0. The van der Waals surface area contributed by atoms with E-state index in [1.165, 1.54) is 25.7 Å². The molecular weight excluding hydrogens is 750 g/mol. The Kier molecular flexibility index (Phi) is 37.3. The van der Waals surface area contributed by atoms with E-state index in [-0.39, 0.29) is 26.1 Å². The number of hydrogen-bond donors (Lipinski definition) is 1. The van der Waals surface area contributed by atoms with Gasteiger partial charge in [0, 0.05) is 12.8 Å². The first kappa shape index (κ1) is 54.9. The van der Waals surface area contributed by atoms with E-state index in [2.05, 4.69) is 105 Å². The molecule has 0 rings (SSSR count). The van der Waals surface area contributed by atoms with Gasteiger partial charge < -0.3 is 18.9 Å². The minimum atomic E-state index is -4.40. The molecule has 0 fully saturated rings. The average Bonchev–Trinajstić information content (AvgIpc) is 3.17. The van der Waals surface area contributed by atoms with E-state index in [0.717, 1.165) is 70.6 Å². The summed E-state index contributed by atoms with van der Waals surface area (Å²) < 4.78 is 34.2. The molecule has 0 aliphatic rings. The molecule has 1 N–H and O–H groups in total. The number of rotatable bonds is 38. The topological polar surface area (TPSA) is 108 Å². The summed E-state index contributed by atoms with van der Waals surface area (Å²) in [6.07, 6.45) is 51.8. The Bertz CT molecular complexity index is 1300. The molecule has 0 heterocycles. The predicted molar refractivity (Wildman–Crippen MR) is 242 cm³/mol. The summed E-state index contributed by atoms with van der Waals surface area (Å²) in [4.78, 5) is 35.3. The zero-order chi connectivity index (χ0) is 42.8. The van der Waals surface area contributed by atoms with Gasteiger partial charge in [-0.25, -0.2) is 4.57 Å². The van der Waals surface area contributed by atoms with Crippen molar-refractivity contribution < 1.29 is 42.1 Å². The van der Waals surface area contributed by atoms with Crippen LogP contribution in [-0.4, -0.2) is 74.9 Å². The molecular formula is C48H81NO8P+. The number of nitrogens with zero attached hydrogens (tertiary/aromatic N) is 1. The van der Waals surface area contributed by atoms with Crippen molar-refractivity contribution in [2.45, 2.75) is 148 Å². The highest BCUT2D eigenvalue weighted by Crippen LogP contribution is 2.43.